The topological polar surface area (TPSA) is 0 Å². The van der Waals surface area contributed by atoms with Gasteiger partial charge in [0.25, 0.3) is 0 Å². The molecule has 1 aliphatic carbocycles. The lowest BCUT2D eigenvalue weighted by Crippen LogP contribution is -2.13. The zero-order valence-corrected chi connectivity index (χ0v) is 20.6. The van der Waals surface area contributed by atoms with E-state index in [1.54, 1.807) is 0 Å². The molecule has 0 atom stereocenters. The largest absolute Gasteiger partial charge is 0.205 e. The third-order valence-electron chi connectivity index (χ3n) is 7.21. The summed E-state index contributed by atoms with van der Waals surface area (Å²) in [5.41, 5.74) is 4.48. The van der Waals surface area contributed by atoms with Gasteiger partial charge in [-0.2, -0.15) is 0 Å². The molecule has 0 spiro atoms. The SMILES string of the molecule is C=CCC[C@H]1CC[C@H](c2ccc(-c3cc(F)c(C#Cc4ccc(CCC)cc4)c(F)c3)cc2)CC1. The third-order valence-corrected chi connectivity index (χ3v) is 7.21. The lowest BCUT2D eigenvalue weighted by molar-refractivity contribution is 0.312. The zero-order chi connectivity index (χ0) is 24.6. The Morgan fingerprint density at radius 2 is 1.51 bits per heavy atom. The summed E-state index contributed by atoms with van der Waals surface area (Å²) in [6.07, 6.45) is 11.4. The van der Waals surface area contributed by atoms with Crippen LogP contribution >= 0.6 is 0 Å². The molecule has 0 unspecified atom stereocenters. The molecular weight excluding hydrogens is 434 g/mol. The number of aryl methyl sites for hydroxylation is 1. The highest BCUT2D eigenvalue weighted by Crippen LogP contribution is 2.38. The van der Waals surface area contributed by atoms with Gasteiger partial charge in [0, 0.05) is 5.56 Å². The van der Waals surface area contributed by atoms with Crippen LogP contribution in [0.15, 0.2) is 73.3 Å². The van der Waals surface area contributed by atoms with Gasteiger partial charge in [-0.25, -0.2) is 8.78 Å². The van der Waals surface area contributed by atoms with E-state index >= 15 is 0 Å². The maximum Gasteiger partial charge on any atom is 0.142 e. The smallest absolute Gasteiger partial charge is 0.142 e. The molecule has 0 saturated heterocycles. The van der Waals surface area contributed by atoms with Crippen molar-refractivity contribution in [1.29, 1.82) is 0 Å². The first-order valence-electron chi connectivity index (χ1n) is 12.9. The molecule has 0 bridgehead atoms. The van der Waals surface area contributed by atoms with Gasteiger partial charge < -0.3 is 0 Å². The van der Waals surface area contributed by atoms with Gasteiger partial charge in [0.1, 0.15) is 11.6 Å². The van der Waals surface area contributed by atoms with Gasteiger partial charge >= 0.3 is 0 Å². The lowest BCUT2D eigenvalue weighted by atomic mass is 9.77. The molecule has 4 rings (SSSR count). The predicted octanol–water partition coefficient (Wildman–Crippen LogP) is 9.22. The van der Waals surface area contributed by atoms with E-state index in [9.17, 15) is 8.78 Å². The van der Waals surface area contributed by atoms with Crippen molar-refractivity contribution in [2.75, 3.05) is 0 Å². The fourth-order valence-electron chi connectivity index (χ4n) is 5.12. The van der Waals surface area contributed by atoms with Gasteiger partial charge in [-0.05, 0) is 103 Å². The van der Waals surface area contributed by atoms with Gasteiger partial charge in [0.05, 0.1) is 5.56 Å². The van der Waals surface area contributed by atoms with Crippen molar-refractivity contribution in [3.05, 3.63) is 107 Å². The van der Waals surface area contributed by atoms with E-state index in [2.05, 4.69) is 37.5 Å². The molecule has 1 aliphatic rings. The summed E-state index contributed by atoms with van der Waals surface area (Å²) >= 11 is 0. The van der Waals surface area contributed by atoms with Crippen LogP contribution in [0.3, 0.4) is 0 Å². The summed E-state index contributed by atoms with van der Waals surface area (Å²) < 4.78 is 29.6. The molecule has 0 amide bonds. The van der Waals surface area contributed by atoms with E-state index in [1.165, 1.54) is 55.4 Å². The molecule has 0 nitrogen and oxygen atoms in total. The molecule has 3 aromatic rings. The first-order valence-corrected chi connectivity index (χ1v) is 12.9. The van der Waals surface area contributed by atoms with Gasteiger partial charge in [0.15, 0.2) is 0 Å². The number of allylic oxidation sites excluding steroid dienone is 1. The Hall–Kier alpha value is -3.18. The predicted molar refractivity (Wildman–Crippen MR) is 142 cm³/mol. The summed E-state index contributed by atoms with van der Waals surface area (Å²) in [4.78, 5) is 0. The van der Waals surface area contributed by atoms with Gasteiger partial charge in [-0.3, -0.25) is 0 Å². The zero-order valence-electron chi connectivity index (χ0n) is 20.6. The molecule has 0 aromatic heterocycles. The van der Waals surface area contributed by atoms with Crippen LogP contribution in [0.2, 0.25) is 0 Å². The summed E-state index contributed by atoms with van der Waals surface area (Å²) in [6.45, 7) is 5.97. The highest BCUT2D eigenvalue weighted by Gasteiger charge is 2.22. The normalized spacial score (nSPS) is 17.5. The van der Waals surface area contributed by atoms with E-state index < -0.39 is 11.6 Å². The Balaban J connectivity index is 1.44. The molecule has 0 N–H and O–H groups in total. The number of rotatable bonds is 7. The second-order valence-electron chi connectivity index (χ2n) is 9.72. The molecule has 2 heteroatoms. The Kier molecular flexibility index (Phi) is 8.54. The van der Waals surface area contributed by atoms with Gasteiger partial charge in [0.2, 0.25) is 0 Å². The van der Waals surface area contributed by atoms with Crippen molar-refractivity contribution in [2.24, 2.45) is 5.92 Å². The number of halogens is 2. The van der Waals surface area contributed by atoms with Crippen molar-refractivity contribution >= 4 is 0 Å². The fraction of sp³-hybridized carbons (Fsp3) is 0.333. The van der Waals surface area contributed by atoms with Crippen LogP contribution in [0, 0.1) is 29.4 Å². The fourth-order valence-corrected chi connectivity index (χ4v) is 5.12. The third kappa shape index (κ3) is 6.49. The standard InChI is InChI=1S/C33H34F2/c1-3-5-7-25-12-15-27(16-13-25)28-17-19-29(20-18-28)30-22-32(34)31(33(35)23-30)21-14-26-10-8-24(6-4-2)9-11-26/h3,8-11,17-20,22-23,25,27H,1,4-7,12-13,15-16H2,2H3/t25-,27-. The molecule has 35 heavy (non-hydrogen) atoms. The second kappa shape index (κ2) is 12.0. The van der Waals surface area contributed by atoms with Crippen molar-refractivity contribution in [3.8, 4) is 23.0 Å². The van der Waals surface area contributed by atoms with Crippen molar-refractivity contribution in [1.82, 2.24) is 0 Å². The van der Waals surface area contributed by atoms with Gasteiger partial charge in [-0.1, -0.05) is 67.7 Å². The average Bonchev–Trinajstić information content (AvgIpc) is 2.88. The Labute approximate surface area is 209 Å². The maximum absolute atomic E-state index is 14.8. The van der Waals surface area contributed by atoms with Crippen LogP contribution in [0.4, 0.5) is 8.78 Å². The highest BCUT2D eigenvalue weighted by atomic mass is 19.1. The molecule has 1 fully saturated rings. The van der Waals surface area contributed by atoms with Crippen LogP contribution in [0.1, 0.15) is 80.0 Å². The quantitative estimate of drug-likeness (QED) is 0.239. The minimum absolute atomic E-state index is 0.184. The van der Waals surface area contributed by atoms with Crippen LogP contribution in [0.5, 0.6) is 0 Å². The Bertz CT molecular complexity index is 1160. The summed E-state index contributed by atoms with van der Waals surface area (Å²) in [7, 11) is 0. The Morgan fingerprint density at radius 1 is 0.857 bits per heavy atom. The number of hydrogen-bond acceptors (Lipinski definition) is 0. The van der Waals surface area contributed by atoms with E-state index in [-0.39, 0.29) is 5.56 Å². The van der Waals surface area contributed by atoms with Crippen molar-refractivity contribution in [3.63, 3.8) is 0 Å². The van der Waals surface area contributed by atoms with E-state index in [0.29, 0.717) is 11.5 Å². The van der Waals surface area contributed by atoms with E-state index in [0.717, 1.165) is 36.3 Å². The molecule has 1 saturated carbocycles. The molecule has 0 heterocycles. The Morgan fingerprint density at radius 3 is 2.11 bits per heavy atom. The summed E-state index contributed by atoms with van der Waals surface area (Å²) in [5, 5.41) is 0. The minimum atomic E-state index is -0.628. The highest BCUT2D eigenvalue weighted by molar-refractivity contribution is 5.65. The molecule has 0 aliphatic heterocycles. The number of benzene rings is 3. The monoisotopic (exact) mass is 468 g/mol. The van der Waals surface area contributed by atoms with E-state index in [4.69, 9.17) is 0 Å². The number of hydrogen-bond donors (Lipinski definition) is 0. The maximum atomic E-state index is 14.8. The molecule has 0 radical (unpaired) electrons. The van der Waals surface area contributed by atoms with Crippen molar-refractivity contribution in [2.45, 2.75) is 64.2 Å². The van der Waals surface area contributed by atoms with Crippen LogP contribution in [0.25, 0.3) is 11.1 Å². The van der Waals surface area contributed by atoms with Crippen LogP contribution in [-0.2, 0) is 6.42 Å². The molecule has 3 aromatic carbocycles. The summed E-state index contributed by atoms with van der Waals surface area (Å²) in [6, 6.07) is 18.8. The minimum Gasteiger partial charge on any atom is -0.205 e. The van der Waals surface area contributed by atoms with Gasteiger partial charge in [-0.15, -0.1) is 6.58 Å². The van der Waals surface area contributed by atoms with Crippen LogP contribution in [-0.4, -0.2) is 0 Å². The lowest BCUT2D eigenvalue weighted by Gasteiger charge is -2.28. The first-order chi connectivity index (χ1) is 17.1. The van der Waals surface area contributed by atoms with Crippen molar-refractivity contribution < 1.29 is 8.78 Å². The summed E-state index contributed by atoms with van der Waals surface area (Å²) in [5.74, 6) is 5.72. The second-order valence-corrected chi connectivity index (χ2v) is 9.72. The van der Waals surface area contributed by atoms with E-state index in [1.807, 2.05) is 42.5 Å². The molecular formula is C33H34F2. The average molecular weight is 469 g/mol. The molecule has 180 valence electrons. The first kappa shape index (κ1) is 24.9. The van der Waals surface area contributed by atoms with Crippen LogP contribution < -0.4 is 0 Å².